The van der Waals surface area contributed by atoms with Crippen LogP contribution in [0.1, 0.15) is 28.9 Å². The van der Waals surface area contributed by atoms with Crippen molar-refractivity contribution in [1.29, 1.82) is 5.26 Å². The fraction of sp³-hybridized carbons (Fsp3) is 0.300. The maximum absolute atomic E-state index is 12.4. The van der Waals surface area contributed by atoms with E-state index >= 15 is 0 Å². The van der Waals surface area contributed by atoms with Gasteiger partial charge in [-0.2, -0.15) is 10.4 Å². The molecule has 3 aromatic rings. The van der Waals surface area contributed by atoms with Crippen molar-refractivity contribution in [3.05, 3.63) is 53.9 Å². The zero-order valence-electron chi connectivity index (χ0n) is 15.1. The predicted octanol–water partition coefficient (Wildman–Crippen LogP) is 2.24. The Morgan fingerprint density at radius 2 is 2.19 bits per heavy atom. The van der Waals surface area contributed by atoms with Gasteiger partial charge in [-0.05, 0) is 31.0 Å². The number of aryl methyl sites for hydroxylation is 1. The molecule has 3 heterocycles. The molecular weight excluding hydrogens is 340 g/mol. The molecule has 7 nitrogen and oxygen atoms in total. The summed E-state index contributed by atoms with van der Waals surface area (Å²) in [6.07, 6.45) is 3.57. The second kappa shape index (κ2) is 7.08. The number of nitrogens with zero attached hydrogens (tertiary/aromatic N) is 5. The van der Waals surface area contributed by atoms with Gasteiger partial charge in [-0.3, -0.25) is 9.48 Å². The minimum absolute atomic E-state index is 0.00642. The van der Waals surface area contributed by atoms with Crippen molar-refractivity contribution in [2.75, 3.05) is 18.0 Å². The second-order valence-electron chi connectivity index (χ2n) is 6.80. The van der Waals surface area contributed by atoms with Crippen molar-refractivity contribution in [3.63, 3.8) is 0 Å². The number of fused-ring (bicyclic) bond motifs is 1. The third kappa shape index (κ3) is 3.47. The first-order valence-corrected chi connectivity index (χ1v) is 8.99. The largest absolute Gasteiger partial charge is 0.353 e. The molecule has 4 rings (SSSR count). The highest BCUT2D eigenvalue weighted by atomic mass is 16.2. The first-order chi connectivity index (χ1) is 13.1. The molecule has 1 fully saturated rings. The number of para-hydroxylation sites is 1. The third-order valence-electron chi connectivity index (χ3n) is 4.83. The maximum Gasteiger partial charge on any atom is 0.272 e. The van der Waals surface area contributed by atoms with E-state index in [-0.39, 0.29) is 11.9 Å². The number of hydrogen-bond acceptors (Lipinski definition) is 5. The van der Waals surface area contributed by atoms with Gasteiger partial charge in [0.15, 0.2) is 0 Å². The molecule has 1 aliphatic rings. The van der Waals surface area contributed by atoms with Crippen molar-refractivity contribution in [2.24, 2.45) is 7.05 Å². The number of aromatic nitrogens is 3. The number of carbonyl (C=O) groups is 1. The smallest absolute Gasteiger partial charge is 0.272 e. The lowest BCUT2D eigenvalue weighted by atomic mass is 10.0. The molecule has 0 bridgehead atoms. The highest BCUT2D eigenvalue weighted by molar-refractivity contribution is 5.92. The molecule has 1 unspecified atom stereocenters. The van der Waals surface area contributed by atoms with Crippen molar-refractivity contribution in [3.8, 4) is 6.07 Å². The summed E-state index contributed by atoms with van der Waals surface area (Å²) in [6, 6.07) is 13.6. The molecule has 1 amide bonds. The van der Waals surface area contributed by atoms with E-state index in [0.29, 0.717) is 23.6 Å². The number of nitriles is 1. The average Bonchev–Trinajstić information content (AvgIpc) is 3.13. The van der Waals surface area contributed by atoms with Gasteiger partial charge >= 0.3 is 0 Å². The molecule has 0 spiro atoms. The minimum Gasteiger partial charge on any atom is -0.353 e. The summed E-state index contributed by atoms with van der Waals surface area (Å²) >= 11 is 0. The van der Waals surface area contributed by atoms with E-state index < -0.39 is 0 Å². The van der Waals surface area contributed by atoms with Crippen LogP contribution in [0.3, 0.4) is 0 Å². The van der Waals surface area contributed by atoms with Gasteiger partial charge in [0.1, 0.15) is 17.6 Å². The number of amides is 1. The number of rotatable bonds is 3. The summed E-state index contributed by atoms with van der Waals surface area (Å²) in [6.45, 7) is 1.44. The molecule has 136 valence electrons. The minimum atomic E-state index is -0.172. The molecule has 7 heteroatoms. The van der Waals surface area contributed by atoms with Crippen LogP contribution in [0.25, 0.3) is 10.9 Å². The Kier molecular flexibility index (Phi) is 4.47. The standard InChI is InChI=1S/C20H20N6O/c1-25-10-8-18(24-25)20(27)22-16-6-4-9-26(13-16)19-15(12-21)11-14-5-2-3-7-17(14)23-19/h2-3,5,7-8,10-11,16H,4,6,9,13H2,1H3,(H,22,27). The molecule has 1 N–H and O–H groups in total. The molecule has 2 aromatic heterocycles. The van der Waals surface area contributed by atoms with Gasteiger partial charge in [-0.15, -0.1) is 0 Å². The lowest BCUT2D eigenvalue weighted by Gasteiger charge is -2.34. The zero-order valence-corrected chi connectivity index (χ0v) is 15.1. The highest BCUT2D eigenvalue weighted by Gasteiger charge is 2.25. The predicted molar refractivity (Wildman–Crippen MR) is 102 cm³/mol. The summed E-state index contributed by atoms with van der Waals surface area (Å²) in [4.78, 5) is 19.2. The first kappa shape index (κ1) is 17.0. The zero-order chi connectivity index (χ0) is 18.8. The van der Waals surface area contributed by atoms with E-state index in [1.54, 1.807) is 24.0 Å². The van der Waals surface area contributed by atoms with Crippen LogP contribution >= 0.6 is 0 Å². The topological polar surface area (TPSA) is 86.8 Å². The van der Waals surface area contributed by atoms with E-state index in [0.717, 1.165) is 30.3 Å². The lowest BCUT2D eigenvalue weighted by Crippen LogP contribution is -2.48. The number of anilines is 1. The molecule has 1 aromatic carbocycles. The fourth-order valence-electron chi connectivity index (χ4n) is 3.51. The molecule has 27 heavy (non-hydrogen) atoms. The molecular formula is C20H20N6O. The van der Waals surface area contributed by atoms with Gasteiger partial charge in [-0.25, -0.2) is 4.98 Å². The monoisotopic (exact) mass is 360 g/mol. The Hall–Kier alpha value is -3.40. The van der Waals surface area contributed by atoms with Crippen LogP contribution in [-0.4, -0.2) is 39.8 Å². The van der Waals surface area contributed by atoms with Gasteiger partial charge in [0, 0.05) is 37.8 Å². The summed E-state index contributed by atoms with van der Waals surface area (Å²) in [5.74, 6) is 0.516. The fourth-order valence-corrected chi connectivity index (χ4v) is 3.51. The Labute approximate surface area is 157 Å². The van der Waals surface area contributed by atoms with E-state index in [9.17, 15) is 10.1 Å². The molecule has 0 radical (unpaired) electrons. The molecule has 0 saturated carbocycles. The molecule has 1 saturated heterocycles. The number of piperidine rings is 1. The van der Waals surface area contributed by atoms with Crippen molar-refractivity contribution < 1.29 is 4.79 Å². The maximum atomic E-state index is 12.4. The Balaban J connectivity index is 1.55. The Morgan fingerprint density at radius 1 is 1.33 bits per heavy atom. The molecule has 1 aliphatic heterocycles. The number of hydrogen-bond donors (Lipinski definition) is 1. The van der Waals surface area contributed by atoms with E-state index in [1.165, 1.54) is 0 Å². The van der Waals surface area contributed by atoms with Crippen LogP contribution in [0, 0.1) is 11.3 Å². The third-order valence-corrected chi connectivity index (χ3v) is 4.83. The van der Waals surface area contributed by atoms with Crippen LogP contribution in [0.4, 0.5) is 5.82 Å². The van der Waals surface area contributed by atoms with Gasteiger partial charge in [0.05, 0.1) is 11.1 Å². The van der Waals surface area contributed by atoms with E-state index in [1.807, 2.05) is 30.3 Å². The quantitative estimate of drug-likeness (QED) is 0.774. The normalized spacial score (nSPS) is 16.9. The molecule has 0 aliphatic carbocycles. The first-order valence-electron chi connectivity index (χ1n) is 8.99. The van der Waals surface area contributed by atoms with E-state index in [2.05, 4.69) is 21.4 Å². The van der Waals surface area contributed by atoms with Crippen LogP contribution in [0.5, 0.6) is 0 Å². The average molecular weight is 360 g/mol. The number of pyridine rings is 1. The lowest BCUT2D eigenvalue weighted by molar-refractivity contribution is 0.0927. The van der Waals surface area contributed by atoms with Gasteiger partial charge in [0.2, 0.25) is 0 Å². The van der Waals surface area contributed by atoms with Gasteiger partial charge in [-0.1, -0.05) is 18.2 Å². The SMILES string of the molecule is Cn1ccc(C(=O)NC2CCCN(c3nc4ccccc4cc3C#N)C2)n1. The summed E-state index contributed by atoms with van der Waals surface area (Å²) < 4.78 is 1.61. The number of benzene rings is 1. The summed E-state index contributed by atoms with van der Waals surface area (Å²) in [7, 11) is 1.79. The van der Waals surface area contributed by atoms with Gasteiger partial charge in [0.25, 0.3) is 5.91 Å². The number of carbonyl (C=O) groups excluding carboxylic acids is 1. The Bertz CT molecular complexity index is 1030. The summed E-state index contributed by atoms with van der Waals surface area (Å²) in [5.41, 5.74) is 1.84. The molecule has 1 atom stereocenters. The van der Waals surface area contributed by atoms with Crippen molar-refractivity contribution in [2.45, 2.75) is 18.9 Å². The van der Waals surface area contributed by atoms with Crippen LogP contribution in [0.2, 0.25) is 0 Å². The van der Waals surface area contributed by atoms with Gasteiger partial charge < -0.3 is 10.2 Å². The van der Waals surface area contributed by atoms with E-state index in [4.69, 9.17) is 4.98 Å². The van der Waals surface area contributed by atoms with Crippen molar-refractivity contribution >= 4 is 22.6 Å². The van der Waals surface area contributed by atoms with Crippen LogP contribution in [-0.2, 0) is 7.05 Å². The van der Waals surface area contributed by atoms with Crippen molar-refractivity contribution in [1.82, 2.24) is 20.1 Å². The van der Waals surface area contributed by atoms with Crippen LogP contribution < -0.4 is 10.2 Å². The number of nitrogens with one attached hydrogen (secondary N) is 1. The Morgan fingerprint density at radius 3 is 2.96 bits per heavy atom. The highest BCUT2D eigenvalue weighted by Crippen LogP contribution is 2.25. The second-order valence-corrected chi connectivity index (χ2v) is 6.80. The van der Waals surface area contributed by atoms with Crippen LogP contribution in [0.15, 0.2) is 42.6 Å². The summed E-state index contributed by atoms with van der Waals surface area (Å²) in [5, 5.41) is 17.7.